The summed E-state index contributed by atoms with van der Waals surface area (Å²) in [5, 5.41) is 2.94. The average molecular weight is 424 g/mol. The molecular weight excluding hydrogens is 402 g/mol. The Kier molecular flexibility index (Phi) is 6.15. The molecule has 2 aromatic carbocycles. The molecule has 0 spiro atoms. The van der Waals surface area contributed by atoms with E-state index in [2.05, 4.69) is 5.32 Å². The fraction of sp³-hybridized carbons (Fsp3) is 0.350. The molecule has 0 saturated heterocycles. The molecule has 0 atom stereocenters. The molecule has 0 aromatic heterocycles. The summed E-state index contributed by atoms with van der Waals surface area (Å²) in [7, 11) is -3.69. The van der Waals surface area contributed by atoms with Crippen molar-refractivity contribution in [2.75, 3.05) is 24.3 Å². The van der Waals surface area contributed by atoms with Gasteiger partial charge in [0.1, 0.15) is 19.0 Å². The zero-order chi connectivity index (χ0) is 20.3. The first-order valence-electron chi connectivity index (χ1n) is 8.92. The number of amides is 1. The van der Waals surface area contributed by atoms with Crippen LogP contribution < -0.4 is 14.8 Å². The number of carbonyl (C=O) groups is 1. The minimum absolute atomic E-state index is 0.289. The van der Waals surface area contributed by atoms with Crippen LogP contribution in [0, 0.1) is 0 Å². The third-order valence-electron chi connectivity index (χ3n) is 4.23. The van der Waals surface area contributed by atoms with Gasteiger partial charge in [-0.1, -0.05) is 37.6 Å². The molecule has 150 valence electrons. The molecule has 1 amide bonds. The van der Waals surface area contributed by atoms with Gasteiger partial charge in [-0.05, 0) is 41.3 Å². The number of ether oxygens (including phenoxy) is 2. The van der Waals surface area contributed by atoms with Crippen LogP contribution in [0.25, 0.3) is 0 Å². The third-order valence-corrected chi connectivity index (χ3v) is 5.99. The van der Waals surface area contributed by atoms with E-state index in [1.165, 1.54) is 6.07 Å². The lowest BCUT2D eigenvalue weighted by atomic mass is 10.0. The van der Waals surface area contributed by atoms with E-state index in [9.17, 15) is 13.2 Å². The van der Waals surface area contributed by atoms with Crippen molar-refractivity contribution in [2.24, 2.45) is 0 Å². The molecular formula is C20H22ClNO5S. The smallest absolute Gasteiger partial charge is 0.239 e. The predicted molar refractivity (Wildman–Crippen MR) is 109 cm³/mol. The van der Waals surface area contributed by atoms with Crippen molar-refractivity contribution in [3.63, 3.8) is 0 Å². The zero-order valence-electron chi connectivity index (χ0n) is 15.7. The summed E-state index contributed by atoms with van der Waals surface area (Å²) in [5.74, 6) is -0.380. The van der Waals surface area contributed by atoms with Gasteiger partial charge in [0, 0.05) is 5.69 Å². The second kappa shape index (κ2) is 8.41. The van der Waals surface area contributed by atoms with Crippen LogP contribution in [0.5, 0.6) is 11.5 Å². The average Bonchev–Trinajstić information content (AvgIpc) is 2.60. The third kappa shape index (κ3) is 5.17. The molecule has 0 fully saturated rings. The van der Waals surface area contributed by atoms with E-state index in [4.69, 9.17) is 21.1 Å². The Labute approximate surface area is 169 Å². The van der Waals surface area contributed by atoms with E-state index in [1.807, 2.05) is 32.0 Å². The number of rotatable bonds is 6. The molecule has 1 aliphatic rings. The number of hydrogen-bond donors (Lipinski definition) is 1. The van der Waals surface area contributed by atoms with E-state index in [1.54, 1.807) is 12.1 Å². The Morgan fingerprint density at radius 3 is 2.68 bits per heavy atom. The Morgan fingerprint density at radius 1 is 1.18 bits per heavy atom. The van der Waals surface area contributed by atoms with Crippen molar-refractivity contribution in [1.82, 2.24) is 0 Å². The quantitative estimate of drug-likeness (QED) is 0.764. The normalized spacial score (nSPS) is 13.4. The molecule has 0 saturated carbocycles. The molecule has 1 N–H and O–H groups in total. The van der Waals surface area contributed by atoms with Crippen molar-refractivity contribution in [3.05, 3.63) is 52.5 Å². The summed E-state index contributed by atoms with van der Waals surface area (Å²) in [6.45, 7) is 4.85. The van der Waals surface area contributed by atoms with Crippen molar-refractivity contribution in [2.45, 2.75) is 25.5 Å². The molecule has 3 rings (SSSR count). The Morgan fingerprint density at radius 2 is 1.93 bits per heavy atom. The molecule has 2 aromatic rings. The van der Waals surface area contributed by atoms with Crippen LogP contribution in [-0.4, -0.2) is 33.3 Å². The Balaban J connectivity index is 1.67. The van der Waals surface area contributed by atoms with E-state index >= 15 is 0 Å². The molecule has 8 heteroatoms. The summed E-state index contributed by atoms with van der Waals surface area (Å²) in [6, 6.07) is 10.5. The molecule has 6 nitrogen and oxygen atoms in total. The van der Waals surface area contributed by atoms with Crippen molar-refractivity contribution < 1.29 is 22.7 Å². The van der Waals surface area contributed by atoms with E-state index < -0.39 is 21.5 Å². The monoisotopic (exact) mass is 423 g/mol. The number of hydrogen-bond acceptors (Lipinski definition) is 5. The summed E-state index contributed by atoms with van der Waals surface area (Å²) in [5.41, 5.74) is 2.09. The molecule has 0 unspecified atom stereocenters. The molecule has 0 bridgehead atoms. The zero-order valence-corrected chi connectivity index (χ0v) is 17.3. The highest BCUT2D eigenvalue weighted by molar-refractivity contribution is 7.91. The Bertz CT molecular complexity index is 988. The number of anilines is 1. The van der Waals surface area contributed by atoms with Gasteiger partial charge in [-0.2, -0.15) is 0 Å². The predicted octanol–water partition coefficient (Wildman–Crippen LogP) is 3.79. The van der Waals surface area contributed by atoms with Gasteiger partial charge in [0.05, 0.1) is 10.8 Å². The fourth-order valence-corrected chi connectivity index (χ4v) is 4.46. The van der Waals surface area contributed by atoms with Crippen LogP contribution in [0.1, 0.15) is 30.9 Å². The second-order valence-electron chi connectivity index (χ2n) is 6.96. The van der Waals surface area contributed by atoms with Crippen LogP contribution in [0.4, 0.5) is 5.69 Å². The number of fused-ring (bicyclic) bond motifs is 1. The van der Waals surface area contributed by atoms with Gasteiger partial charge in [-0.3, -0.25) is 4.79 Å². The standard InChI is InChI=1S/C20H22ClNO5S/c1-13(2)15-4-3-5-16(10-15)22-19(23)12-28(24,25)11-14-8-17(21)20-18(9-14)26-6-7-27-20/h3-5,8-10,13H,6-7,11-12H2,1-2H3,(H,22,23). The first kappa shape index (κ1) is 20.5. The highest BCUT2D eigenvalue weighted by Gasteiger charge is 2.22. The second-order valence-corrected chi connectivity index (χ2v) is 9.43. The van der Waals surface area contributed by atoms with Gasteiger partial charge >= 0.3 is 0 Å². The summed E-state index contributed by atoms with van der Waals surface area (Å²) in [6.07, 6.45) is 0. The molecule has 0 radical (unpaired) electrons. The number of carbonyl (C=O) groups excluding carboxylic acids is 1. The van der Waals surface area contributed by atoms with Crippen LogP contribution in [0.2, 0.25) is 5.02 Å². The van der Waals surface area contributed by atoms with Gasteiger partial charge in [0.25, 0.3) is 0 Å². The van der Waals surface area contributed by atoms with Crippen molar-refractivity contribution in [1.29, 1.82) is 0 Å². The summed E-state index contributed by atoms with van der Waals surface area (Å²) >= 11 is 6.15. The van der Waals surface area contributed by atoms with Crippen LogP contribution in [-0.2, 0) is 20.4 Å². The van der Waals surface area contributed by atoms with Gasteiger partial charge < -0.3 is 14.8 Å². The SMILES string of the molecule is CC(C)c1cccc(NC(=O)CS(=O)(=O)Cc2cc(Cl)c3c(c2)OCCO3)c1. The minimum atomic E-state index is -3.69. The van der Waals surface area contributed by atoms with Gasteiger partial charge in [0.15, 0.2) is 21.3 Å². The molecule has 28 heavy (non-hydrogen) atoms. The first-order chi connectivity index (χ1) is 13.2. The van der Waals surface area contributed by atoms with Gasteiger partial charge in [-0.15, -0.1) is 0 Å². The topological polar surface area (TPSA) is 81.7 Å². The molecule has 0 aliphatic carbocycles. The first-order valence-corrected chi connectivity index (χ1v) is 11.1. The maximum absolute atomic E-state index is 12.5. The van der Waals surface area contributed by atoms with E-state index in [0.717, 1.165) is 5.56 Å². The summed E-state index contributed by atoms with van der Waals surface area (Å²) in [4.78, 5) is 12.2. The highest BCUT2D eigenvalue weighted by Crippen LogP contribution is 2.38. The van der Waals surface area contributed by atoms with Crippen molar-refractivity contribution >= 4 is 33.0 Å². The highest BCUT2D eigenvalue weighted by atomic mass is 35.5. The maximum Gasteiger partial charge on any atom is 0.239 e. The Hall–Kier alpha value is -2.25. The van der Waals surface area contributed by atoms with Crippen LogP contribution in [0.3, 0.4) is 0 Å². The lowest BCUT2D eigenvalue weighted by Gasteiger charge is -2.20. The molecule has 1 heterocycles. The number of benzene rings is 2. The lowest BCUT2D eigenvalue weighted by Crippen LogP contribution is -2.24. The van der Waals surface area contributed by atoms with Gasteiger partial charge in [0.2, 0.25) is 5.91 Å². The minimum Gasteiger partial charge on any atom is -0.486 e. The summed E-state index contributed by atoms with van der Waals surface area (Å²) < 4.78 is 35.9. The number of halogens is 1. The number of nitrogens with one attached hydrogen (secondary N) is 1. The van der Waals surface area contributed by atoms with Gasteiger partial charge in [-0.25, -0.2) is 8.42 Å². The maximum atomic E-state index is 12.5. The van der Waals surface area contributed by atoms with Crippen molar-refractivity contribution in [3.8, 4) is 11.5 Å². The van der Waals surface area contributed by atoms with E-state index in [0.29, 0.717) is 41.9 Å². The largest absolute Gasteiger partial charge is 0.486 e. The van der Waals surface area contributed by atoms with Crippen LogP contribution in [0.15, 0.2) is 36.4 Å². The lowest BCUT2D eigenvalue weighted by molar-refractivity contribution is -0.113. The molecule has 1 aliphatic heterocycles. The number of sulfone groups is 1. The van der Waals surface area contributed by atoms with E-state index in [-0.39, 0.29) is 10.8 Å². The van der Waals surface area contributed by atoms with Crippen LogP contribution >= 0.6 is 11.6 Å². The fourth-order valence-electron chi connectivity index (χ4n) is 2.92.